The SMILES string of the molecule is OCc1ccc2ccccc2c1-c1c(CO)ccc2ccccc12. The molecule has 0 atom stereocenters. The van der Waals surface area contributed by atoms with Gasteiger partial charge in [0.25, 0.3) is 0 Å². The van der Waals surface area contributed by atoms with E-state index in [-0.39, 0.29) is 13.2 Å². The summed E-state index contributed by atoms with van der Waals surface area (Å²) in [6.45, 7) is -0.0669. The van der Waals surface area contributed by atoms with Gasteiger partial charge in [-0.3, -0.25) is 0 Å². The first-order chi connectivity index (χ1) is 11.8. The number of hydrogen-bond acceptors (Lipinski definition) is 2. The predicted octanol–water partition coefficient (Wildman–Crippen LogP) is 4.64. The van der Waals surface area contributed by atoms with E-state index in [0.717, 1.165) is 43.8 Å². The third kappa shape index (κ3) is 2.28. The molecule has 2 nitrogen and oxygen atoms in total. The first-order valence-electron chi connectivity index (χ1n) is 8.07. The molecule has 0 aliphatic rings. The van der Waals surface area contributed by atoms with Crippen molar-refractivity contribution in [3.63, 3.8) is 0 Å². The average molecular weight is 314 g/mol. The van der Waals surface area contributed by atoms with Gasteiger partial charge < -0.3 is 10.2 Å². The van der Waals surface area contributed by atoms with Crippen molar-refractivity contribution < 1.29 is 10.2 Å². The van der Waals surface area contributed by atoms with Gasteiger partial charge in [0.15, 0.2) is 0 Å². The fourth-order valence-corrected chi connectivity index (χ4v) is 3.49. The molecule has 0 heterocycles. The molecule has 0 saturated carbocycles. The molecule has 2 heteroatoms. The summed E-state index contributed by atoms with van der Waals surface area (Å²) < 4.78 is 0. The fraction of sp³-hybridized carbons (Fsp3) is 0.0909. The summed E-state index contributed by atoms with van der Waals surface area (Å²) in [5, 5.41) is 24.3. The topological polar surface area (TPSA) is 40.5 Å². The molecule has 4 rings (SSSR count). The second kappa shape index (κ2) is 6.08. The van der Waals surface area contributed by atoms with Gasteiger partial charge in [-0.15, -0.1) is 0 Å². The summed E-state index contributed by atoms with van der Waals surface area (Å²) in [5.41, 5.74) is 3.77. The highest BCUT2D eigenvalue weighted by atomic mass is 16.3. The summed E-state index contributed by atoms with van der Waals surface area (Å²) in [7, 11) is 0. The number of fused-ring (bicyclic) bond motifs is 2. The Balaban J connectivity index is 2.21. The van der Waals surface area contributed by atoms with Crippen LogP contribution < -0.4 is 0 Å². The van der Waals surface area contributed by atoms with E-state index in [9.17, 15) is 10.2 Å². The third-order valence-electron chi connectivity index (χ3n) is 4.62. The Morgan fingerprint density at radius 2 is 0.917 bits per heavy atom. The third-order valence-corrected chi connectivity index (χ3v) is 4.62. The number of rotatable bonds is 3. The van der Waals surface area contributed by atoms with Crippen LogP contribution in [0, 0.1) is 0 Å². The summed E-state index contributed by atoms with van der Waals surface area (Å²) in [6.07, 6.45) is 0. The minimum Gasteiger partial charge on any atom is -0.392 e. The van der Waals surface area contributed by atoms with Gasteiger partial charge >= 0.3 is 0 Å². The standard InChI is InChI=1S/C22H18O2/c23-13-17-11-9-15-5-1-3-7-19(15)21(17)22-18(14-24)12-10-16-6-2-4-8-20(16)22/h1-12,23-24H,13-14H2. The lowest BCUT2D eigenvalue weighted by atomic mass is 9.87. The highest BCUT2D eigenvalue weighted by Gasteiger charge is 2.15. The Bertz CT molecular complexity index is 949. The maximum atomic E-state index is 9.91. The molecule has 0 aromatic heterocycles. The van der Waals surface area contributed by atoms with Crippen LogP contribution in [-0.2, 0) is 13.2 Å². The van der Waals surface area contributed by atoms with E-state index >= 15 is 0 Å². The number of hydrogen-bond donors (Lipinski definition) is 2. The highest BCUT2D eigenvalue weighted by Crippen LogP contribution is 2.39. The minimum absolute atomic E-state index is 0.0335. The molecule has 0 amide bonds. The number of aliphatic hydroxyl groups excluding tert-OH is 2. The van der Waals surface area contributed by atoms with E-state index in [1.165, 1.54) is 0 Å². The van der Waals surface area contributed by atoms with Gasteiger partial charge in [0.1, 0.15) is 0 Å². The molecule has 0 aliphatic carbocycles. The van der Waals surface area contributed by atoms with E-state index in [2.05, 4.69) is 24.3 Å². The summed E-state index contributed by atoms with van der Waals surface area (Å²) in [4.78, 5) is 0. The van der Waals surface area contributed by atoms with Gasteiger partial charge in [-0.05, 0) is 43.8 Å². The van der Waals surface area contributed by atoms with Crippen molar-refractivity contribution in [2.24, 2.45) is 0 Å². The van der Waals surface area contributed by atoms with Crippen LogP contribution in [0.2, 0.25) is 0 Å². The average Bonchev–Trinajstić information content (AvgIpc) is 2.66. The van der Waals surface area contributed by atoms with E-state index in [0.29, 0.717) is 0 Å². The van der Waals surface area contributed by atoms with Crippen molar-refractivity contribution in [1.82, 2.24) is 0 Å². The van der Waals surface area contributed by atoms with Crippen molar-refractivity contribution >= 4 is 21.5 Å². The van der Waals surface area contributed by atoms with Gasteiger partial charge in [0, 0.05) is 0 Å². The van der Waals surface area contributed by atoms with Crippen LogP contribution in [0.5, 0.6) is 0 Å². The molecule has 0 radical (unpaired) electrons. The normalized spacial score (nSPS) is 11.2. The Hall–Kier alpha value is -2.68. The summed E-state index contributed by atoms with van der Waals surface area (Å²) in [5.74, 6) is 0. The van der Waals surface area contributed by atoms with E-state index < -0.39 is 0 Å². The van der Waals surface area contributed by atoms with Gasteiger partial charge in [0.2, 0.25) is 0 Å². The lowest BCUT2D eigenvalue weighted by Gasteiger charge is -2.17. The molecule has 0 aliphatic heterocycles. The second-order valence-corrected chi connectivity index (χ2v) is 5.96. The Kier molecular flexibility index (Phi) is 3.77. The van der Waals surface area contributed by atoms with Crippen LogP contribution in [0.25, 0.3) is 32.7 Å². The summed E-state index contributed by atoms with van der Waals surface area (Å²) >= 11 is 0. The Labute approximate surface area is 140 Å². The molecule has 24 heavy (non-hydrogen) atoms. The number of aliphatic hydroxyl groups is 2. The highest BCUT2D eigenvalue weighted by molar-refractivity contribution is 6.07. The summed E-state index contributed by atoms with van der Waals surface area (Å²) in [6, 6.07) is 24.4. The van der Waals surface area contributed by atoms with E-state index in [4.69, 9.17) is 0 Å². The first kappa shape index (κ1) is 14.9. The predicted molar refractivity (Wildman–Crippen MR) is 98.7 cm³/mol. The van der Waals surface area contributed by atoms with Crippen molar-refractivity contribution in [3.8, 4) is 11.1 Å². The Morgan fingerprint density at radius 1 is 0.500 bits per heavy atom. The van der Waals surface area contributed by atoms with Crippen LogP contribution in [0.15, 0.2) is 72.8 Å². The van der Waals surface area contributed by atoms with Crippen molar-refractivity contribution in [3.05, 3.63) is 83.9 Å². The maximum Gasteiger partial charge on any atom is 0.0688 e. The first-order valence-corrected chi connectivity index (χ1v) is 8.07. The van der Waals surface area contributed by atoms with Crippen LogP contribution in [0.4, 0.5) is 0 Å². The fourth-order valence-electron chi connectivity index (χ4n) is 3.49. The van der Waals surface area contributed by atoms with E-state index in [1.807, 2.05) is 48.5 Å². The molecule has 0 saturated heterocycles. The molecule has 0 bridgehead atoms. The molecular weight excluding hydrogens is 296 g/mol. The van der Waals surface area contributed by atoms with Gasteiger partial charge in [-0.25, -0.2) is 0 Å². The van der Waals surface area contributed by atoms with Crippen LogP contribution >= 0.6 is 0 Å². The molecule has 0 fully saturated rings. The zero-order valence-electron chi connectivity index (χ0n) is 13.2. The zero-order valence-corrected chi connectivity index (χ0v) is 13.2. The largest absolute Gasteiger partial charge is 0.392 e. The molecule has 4 aromatic carbocycles. The molecule has 118 valence electrons. The molecule has 4 aromatic rings. The quantitative estimate of drug-likeness (QED) is 0.578. The van der Waals surface area contributed by atoms with Crippen molar-refractivity contribution in [2.75, 3.05) is 0 Å². The lowest BCUT2D eigenvalue weighted by Crippen LogP contribution is -1.97. The lowest BCUT2D eigenvalue weighted by molar-refractivity contribution is 0.280. The molecule has 2 N–H and O–H groups in total. The molecule has 0 unspecified atom stereocenters. The molecule has 0 spiro atoms. The van der Waals surface area contributed by atoms with Crippen molar-refractivity contribution in [1.29, 1.82) is 0 Å². The van der Waals surface area contributed by atoms with E-state index in [1.54, 1.807) is 0 Å². The Morgan fingerprint density at radius 3 is 1.33 bits per heavy atom. The second-order valence-electron chi connectivity index (χ2n) is 5.96. The van der Waals surface area contributed by atoms with Crippen LogP contribution in [0.1, 0.15) is 11.1 Å². The molecular formula is C22H18O2. The van der Waals surface area contributed by atoms with Gasteiger partial charge in [-0.1, -0.05) is 72.8 Å². The van der Waals surface area contributed by atoms with Crippen LogP contribution in [0.3, 0.4) is 0 Å². The van der Waals surface area contributed by atoms with Gasteiger partial charge in [-0.2, -0.15) is 0 Å². The number of benzene rings is 4. The smallest absolute Gasteiger partial charge is 0.0688 e. The monoisotopic (exact) mass is 314 g/mol. The zero-order chi connectivity index (χ0) is 16.5. The van der Waals surface area contributed by atoms with Gasteiger partial charge in [0.05, 0.1) is 13.2 Å². The van der Waals surface area contributed by atoms with Crippen molar-refractivity contribution in [2.45, 2.75) is 13.2 Å². The van der Waals surface area contributed by atoms with Crippen LogP contribution in [-0.4, -0.2) is 10.2 Å². The minimum atomic E-state index is -0.0335. The maximum absolute atomic E-state index is 9.91.